The second kappa shape index (κ2) is 10.8. The molecule has 0 radical (unpaired) electrons. The van der Waals surface area contributed by atoms with Crippen LogP contribution in [-0.2, 0) is 0 Å². The van der Waals surface area contributed by atoms with Crippen molar-refractivity contribution in [1.29, 1.82) is 0 Å². The van der Waals surface area contributed by atoms with Gasteiger partial charge in [0.15, 0.2) is 0 Å². The molecule has 0 saturated heterocycles. The highest BCUT2D eigenvalue weighted by atomic mass is 16.3. The number of pyridine rings is 1. The second-order valence-corrected chi connectivity index (χ2v) is 12.1. The van der Waals surface area contributed by atoms with Crippen LogP contribution in [0.5, 0.6) is 0 Å². The van der Waals surface area contributed by atoms with Gasteiger partial charge in [0.2, 0.25) is 0 Å². The van der Waals surface area contributed by atoms with E-state index < -0.39 is 0 Å². The Labute approximate surface area is 276 Å². The molecule has 3 heteroatoms. The molecule has 0 amide bonds. The Kier molecular flexibility index (Phi) is 6.28. The Hall–Kier alpha value is -6.45. The summed E-state index contributed by atoms with van der Waals surface area (Å²) in [5.41, 5.74) is 9.66. The summed E-state index contributed by atoms with van der Waals surface area (Å²) >= 11 is 0. The maximum atomic E-state index is 13.9. The number of furan rings is 1. The summed E-state index contributed by atoms with van der Waals surface area (Å²) in [5.74, 6) is 0. The van der Waals surface area contributed by atoms with E-state index in [-0.39, 0.29) is 5.56 Å². The van der Waals surface area contributed by atoms with E-state index in [0.717, 1.165) is 88.1 Å². The van der Waals surface area contributed by atoms with Crippen molar-refractivity contribution >= 4 is 66.5 Å². The van der Waals surface area contributed by atoms with Crippen LogP contribution in [-0.4, -0.2) is 4.57 Å². The fourth-order valence-electron chi connectivity index (χ4n) is 7.47. The number of benzene rings is 7. The van der Waals surface area contributed by atoms with E-state index in [1.54, 1.807) is 0 Å². The number of hydrogen-bond acceptors (Lipinski definition) is 2. The average Bonchev–Trinajstić information content (AvgIpc) is 3.52. The summed E-state index contributed by atoms with van der Waals surface area (Å²) in [7, 11) is 0. The fourth-order valence-corrected chi connectivity index (χ4v) is 7.47. The zero-order chi connectivity index (χ0) is 32.4. The van der Waals surface area contributed by atoms with E-state index in [2.05, 4.69) is 79.9 Å². The Balaban J connectivity index is 1.25. The predicted octanol–water partition coefficient (Wildman–Crippen LogP) is 11.8. The van der Waals surface area contributed by atoms with Crippen molar-refractivity contribution < 1.29 is 4.42 Å². The molecule has 0 spiro atoms. The van der Waals surface area contributed by atoms with Crippen LogP contribution in [0.15, 0.2) is 162 Å². The summed E-state index contributed by atoms with van der Waals surface area (Å²) in [6.07, 6.45) is 3.86. The van der Waals surface area contributed by atoms with Crippen molar-refractivity contribution in [2.24, 2.45) is 0 Å². The van der Waals surface area contributed by atoms with Gasteiger partial charge in [-0.05, 0) is 92.0 Å². The van der Waals surface area contributed by atoms with E-state index in [9.17, 15) is 4.79 Å². The van der Waals surface area contributed by atoms with Crippen molar-refractivity contribution in [1.82, 2.24) is 4.57 Å². The molecule has 7 aromatic carbocycles. The molecule has 3 nitrogen and oxygen atoms in total. The van der Waals surface area contributed by atoms with Crippen molar-refractivity contribution in [2.45, 2.75) is 0 Å². The Bertz CT molecular complexity index is 2830. The standard InChI is InChI=1S/C45H29NO2/c1-3-31-32(4-2)44(29-23-26-36-35-15-10-12-20-41(35)48-42(36)27-29)38-17-7-6-16-37(38)43(31)28-21-24-30(25-22-28)46-40-19-11-9-14-34(40)33-13-5-8-18-39(33)45(46)47/h3-27H,1-2H2. The molecule has 0 bridgehead atoms. The number of nitrogens with zero attached hydrogens (tertiary/aromatic N) is 1. The number of hydrogen-bond donors (Lipinski definition) is 0. The van der Waals surface area contributed by atoms with E-state index in [4.69, 9.17) is 4.42 Å². The Morgan fingerprint density at radius 2 is 1.00 bits per heavy atom. The molecule has 0 aliphatic carbocycles. The molecule has 0 aliphatic heterocycles. The first kappa shape index (κ1) is 27.8. The molecule has 2 heterocycles. The third-order valence-corrected chi connectivity index (χ3v) is 9.58. The van der Waals surface area contributed by atoms with E-state index in [1.165, 1.54) is 0 Å². The first-order chi connectivity index (χ1) is 23.7. The highest BCUT2D eigenvalue weighted by Gasteiger charge is 2.20. The third kappa shape index (κ3) is 4.04. The van der Waals surface area contributed by atoms with Crippen molar-refractivity contribution in [3.63, 3.8) is 0 Å². The van der Waals surface area contributed by atoms with Gasteiger partial charge in [-0.1, -0.05) is 122 Å². The molecule has 9 aromatic rings. The van der Waals surface area contributed by atoms with Crippen LogP contribution in [0.4, 0.5) is 0 Å². The first-order valence-corrected chi connectivity index (χ1v) is 16.0. The zero-order valence-corrected chi connectivity index (χ0v) is 26.1. The maximum Gasteiger partial charge on any atom is 0.263 e. The summed E-state index contributed by atoms with van der Waals surface area (Å²) in [5, 5.41) is 7.14. The van der Waals surface area contributed by atoms with Crippen LogP contribution >= 0.6 is 0 Å². The molecule has 0 fully saturated rings. The van der Waals surface area contributed by atoms with Gasteiger partial charge in [0.1, 0.15) is 11.2 Å². The summed E-state index contributed by atoms with van der Waals surface area (Å²) < 4.78 is 8.11. The highest BCUT2D eigenvalue weighted by molar-refractivity contribution is 6.13. The highest BCUT2D eigenvalue weighted by Crippen LogP contribution is 2.44. The van der Waals surface area contributed by atoms with E-state index >= 15 is 0 Å². The van der Waals surface area contributed by atoms with Gasteiger partial charge in [0.25, 0.3) is 5.56 Å². The quantitative estimate of drug-likeness (QED) is 0.181. The van der Waals surface area contributed by atoms with Crippen LogP contribution in [0.1, 0.15) is 11.1 Å². The summed E-state index contributed by atoms with van der Waals surface area (Å²) in [6.45, 7) is 8.55. The van der Waals surface area contributed by atoms with E-state index in [0.29, 0.717) is 5.39 Å². The lowest BCUT2D eigenvalue weighted by Gasteiger charge is -2.20. The van der Waals surface area contributed by atoms with Crippen LogP contribution in [0.3, 0.4) is 0 Å². The minimum atomic E-state index is -0.0333. The number of aromatic nitrogens is 1. The number of para-hydroxylation sites is 2. The Morgan fingerprint density at radius 1 is 0.479 bits per heavy atom. The number of rotatable bonds is 5. The van der Waals surface area contributed by atoms with Crippen LogP contribution in [0.2, 0.25) is 0 Å². The van der Waals surface area contributed by atoms with Crippen molar-refractivity contribution in [3.8, 4) is 27.9 Å². The lowest BCUT2D eigenvalue weighted by molar-refractivity contribution is 0.669. The van der Waals surface area contributed by atoms with Crippen LogP contribution in [0.25, 0.3) is 94.5 Å². The lowest BCUT2D eigenvalue weighted by Crippen LogP contribution is -2.19. The fraction of sp³-hybridized carbons (Fsp3) is 0. The molecule has 0 aliphatic rings. The Morgan fingerprint density at radius 3 is 1.69 bits per heavy atom. The largest absolute Gasteiger partial charge is 0.456 e. The van der Waals surface area contributed by atoms with Crippen molar-refractivity contribution in [2.75, 3.05) is 0 Å². The summed E-state index contributed by atoms with van der Waals surface area (Å²) in [4.78, 5) is 13.9. The number of fused-ring (bicyclic) bond motifs is 7. The molecule has 0 saturated carbocycles. The van der Waals surface area contributed by atoms with Crippen LogP contribution in [0, 0.1) is 0 Å². The van der Waals surface area contributed by atoms with Crippen molar-refractivity contribution in [3.05, 3.63) is 174 Å². The van der Waals surface area contributed by atoms with Gasteiger partial charge < -0.3 is 4.42 Å². The second-order valence-electron chi connectivity index (χ2n) is 12.1. The van der Waals surface area contributed by atoms with Gasteiger partial charge in [-0.2, -0.15) is 0 Å². The first-order valence-electron chi connectivity index (χ1n) is 16.0. The van der Waals surface area contributed by atoms with Gasteiger partial charge >= 0.3 is 0 Å². The summed E-state index contributed by atoms with van der Waals surface area (Å²) in [6, 6.07) is 47.3. The van der Waals surface area contributed by atoms with Gasteiger partial charge in [-0.3, -0.25) is 9.36 Å². The van der Waals surface area contributed by atoms with Gasteiger partial charge in [0, 0.05) is 27.2 Å². The average molecular weight is 616 g/mol. The molecule has 0 atom stereocenters. The monoisotopic (exact) mass is 615 g/mol. The molecular weight excluding hydrogens is 587 g/mol. The molecule has 0 N–H and O–H groups in total. The molecular formula is C45H29NO2. The minimum absolute atomic E-state index is 0.0333. The van der Waals surface area contributed by atoms with Crippen LogP contribution < -0.4 is 5.56 Å². The molecule has 9 rings (SSSR count). The SMILES string of the molecule is C=Cc1c(C=C)c(-c2ccc3c(c2)oc2ccccc23)c2ccccc2c1-c1ccc(-n2c(=O)c3ccccc3c3ccccc32)cc1. The molecule has 0 unspecified atom stereocenters. The van der Waals surface area contributed by atoms with E-state index in [1.807, 2.05) is 89.5 Å². The van der Waals surface area contributed by atoms with Gasteiger partial charge in [0.05, 0.1) is 5.52 Å². The molecule has 226 valence electrons. The smallest absolute Gasteiger partial charge is 0.263 e. The van der Waals surface area contributed by atoms with Gasteiger partial charge in [-0.15, -0.1) is 0 Å². The normalized spacial score (nSPS) is 11.6. The third-order valence-electron chi connectivity index (χ3n) is 9.58. The maximum absolute atomic E-state index is 13.9. The molecule has 48 heavy (non-hydrogen) atoms. The lowest BCUT2D eigenvalue weighted by atomic mass is 9.83. The van der Waals surface area contributed by atoms with Gasteiger partial charge in [-0.25, -0.2) is 0 Å². The predicted molar refractivity (Wildman–Crippen MR) is 203 cm³/mol. The molecule has 2 aromatic heterocycles. The minimum Gasteiger partial charge on any atom is -0.456 e. The zero-order valence-electron chi connectivity index (χ0n) is 26.1. The topological polar surface area (TPSA) is 35.1 Å².